The van der Waals surface area contributed by atoms with E-state index in [4.69, 9.17) is 19.3 Å². The number of fused-ring (bicyclic) bond motifs is 1. The molecule has 1 saturated carbocycles. The molecule has 0 amide bonds. The number of rotatable bonds is 8. The van der Waals surface area contributed by atoms with Gasteiger partial charge in [0.2, 0.25) is 0 Å². The molecule has 2 aliphatic rings. The van der Waals surface area contributed by atoms with Crippen molar-refractivity contribution in [2.24, 2.45) is 5.92 Å². The van der Waals surface area contributed by atoms with Crippen LogP contribution < -0.4 is 19.5 Å². The van der Waals surface area contributed by atoms with Crippen LogP contribution in [-0.2, 0) is 11.2 Å². The van der Waals surface area contributed by atoms with Gasteiger partial charge in [-0.3, -0.25) is 9.78 Å². The highest BCUT2D eigenvalue weighted by atomic mass is 19.1. The van der Waals surface area contributed by atoms with Crippen LogP contribution in [-0.4, -0.2) is 42.4 Å². The number of ether oxygens (including phenoxy) is 3. The van der Waals surface area contributed by atoms with Crippen LogP contribution in [0.15, 0.2) is 36.7 Å². The number of carboxylic acid groups (broad SMARTS) is 1. The van der Waals surface area contributed by atoms with Crippen molar-refractivity contribution in [1.82, 2.24) is 9.97 Å². The van der Waals surface area contributed by atoms with Crippen molar-refractivity contribution >= 4 is 11.8 Å². The van der Waals surface area contributed by atoms with Gasteiger partial charge in [0.15, 0.2) is 0 Å². The molecule has 1 fully saturated rings. The molecule has 0 unspecified atom stereocenters. The molecule has 3 atom stereocenters. The Morgan fingerprint density at radius 3 is 2.40 bits per heavy atom. The van der Waals surface area contributed by atoms with Crippen molar-refractivity contribution in [1.29, 1.82) is 0 Å². The Labute approximate surface area is 202 Å². The summed E-state index contributed by atoms with van der Waals surface area (Å²) in [5.74, 6) is 0.697. The molecule has 0 spiro atoms. The van der Waals surface area contributed by atoms with E-state index in [0.29, 0.717) is 53.6 Å². The van der Waals surface area contributed by atoms with Gasteiger partial charge in [-0.15, -0.1) is 0 Å². The van der Waals surface area contributed by atoms with Crippen LogP contribution in [0, 0.1) is 11.7 Å². The number of benzene rings is 2. The first kappa shape index (κ1) is 22.9. The summed E-state index contributed by atoms with van der Waals surface area (Å²) in [5.41, 5.74) is 3.73. The Balaban J connectivity index is 1.45. The van der Waals surface area contributed by atoms with E-state index in [0.717, 1.165) is 16.7 Å². The van der Waals surface area contributed by atoms with Gasteiger partial charge in [-0.2, -0.15) is 0 Å². The third kappa shape index (κ3) is 4.11. The first-order valence-electron chi connectivity index (χ1n) is 11.4. The maximum absolute atomic E-state index is 15.1. The molecule has 2 N–H and O–H groups in total. The SMILES string of the molecule is COc1cc(OC)c(-c2ccc(F)c3c2CC[C@H]3Nc2cnc([C@H]3C[C@@H]3C(=O)O)cn2)c(OC)c1. The molecule has 2 aromatic carbocycles. The zero-order valence-corrected chi connectivity index (χ0v) is 19.7. The maximum Gasteiger partial charge on any atom is 0.307 e. The van der Waals surface area contributed by atoms with Crippen molar-refractivity contribution < 1.29 is 28.5 Å². The zero-order valence-electron chi connectivity index (χ0n) is 19.7. The Kier molecular flexibility index (Phi) is 5.92. The van der Waals surface area contributed by atoms with Crippen LogP contribution in [0.2, 0.25) is 0 Å². The number of nitrogens with zero attached hydrogens (tertiary/aromatic N) is 2. The molecule has 3 aromatic rings. The molecule has 9 heteroatoms. The first-order valence-corrected chi connectivity index (χ1v) is 11.4. The van der Waals surface area contributed by atoms with Crippen molar-refractivity contribution in [3.63, 3.8) is 0 Å². The van der Waals surface area contributed by atoms with E-state index < -0.39 is 5.97 Å². The number of methoxy groups -OCH3 is 3. The van der Waals surface area contributed by atoms with Crippen LogP contribution in [0.5, 0.6) is 17.2 Å². The van der Waals surface area contributed by atoms with Crippen LogP contribution in [0.4, 0.5) is 10.2 Å². The van der Waals surface area contributed by atoms with E-state index in [-0.39, 0.29) is 23.7 Å². The minimum absolute atomic E-state index is 0.0873. The summed E-state index contributed by atoms with van der Waals surface area (Å²) in [6.45, 7) is 0. The fourth-order valence-corrected chi connectivity index (χ4v) is 4.94. The number of nitrogens with one attached hydrogen (secondary N) is 1. The number of aliphatic carboxylic acids is 1. The molecular formula is C26H26FN3O5. The highest BCUT2D eigenvalue weighted by molar-refractivity contribution is 5.82. The normalized spacial score (nSPS) is 20.2. The lowest BCUT2D eigenvalue weighted by atomic mass is 9.94. The lowest BCUT2D eigenvalue weighted by Crippen LogP contribution is -2.11. The topological polar surface area (TPSA) is 103 Å². The average Bonchev–Trinajstić information content (AvgIpc) is 3.58. The Bertz CT molecular complexity index is 1260. The third-order valence-electron chi connectivity index (χ3n) is 6.80. The molecular weight excluding hydrogens is 453 g/mol. The smallest absolute Gasteiger partial charge is 0.307 e. The van der Waals surface area contributed by atoms with Gasteiger partial charge in [-0.1, -0.05) is 6.07 Å². The monoisotopic (exact) mass is 479 g/mol. The van der Waals surface area contributed by atoms with E-state index in [9.17, 15) is 4.79 Å². The molecule has 0 aliphatic heterocycles. The number of anilines is 1. The summed E-state index contributed by atoms with van der Waals surface area (Å²) < 4.78 is 31.7. The highest BCUT2D eigenvalue weighted by Crippen LogP contribution is 2.48. The summed E-state index contributed by atoms with van der Waals surface area (Å²) in [6.07, 6.45) is 5.11. The lowest BCUT2D eigenvalue weighted by molar-refractivity contribution is -0.138. The minimum Gasteiger partial charge on any atom is -0.496 e. The summed E-state index contributed by atoms with van der Waals surface area (Å²) in [5, 5.41) is 12.4. The highest BCUT2D eigenvalue weighted by Gasteiger charge is 2.45. The van der Waals surface area contributed by atoms with Gasteiger partial charge in [-0.05, 0) is 36.5 Å². The van der Waals surface area contributed by atoms with E-state index in [1.165, 1.54) is 6.07 Å². The first-order chi connectivity index (χ1) is 16.9. The van der Waals surface area contributed by atoms with Gasteiger partial charge in [0.1, 0.15) is 28.9 Å². The summed E-state index contributed by atoms with van der Waals surface area (Å²) in [6, 6.07) is 6.50. The Morgan fingerprint density at radius 2 is 1.83 bits per heavy atom. The molecule has 0 radical (unpaired) electrons. The summed E-state index contributed by atoms with van der Waals surface area (Å²) >= 11 is 0. The second-order valence-corrected chi connectivity index (χ2v) is 8.74. The minimum atomic E-state index is -0.807. The Morgan fingerprint density at radius 1 is 1.09 bits per heavy atom. The summed E-state index contributed by atoms with van der Waals surface area (Å²) in [4.78, 5) is 19.9. The molecule has 0 bridgehead atoms. The largest absolute Gasteiger partial charge is 0.496 e. The Hall–Kier alpha value is -3.88. The van der Waals surface area contributed by atoms with Gasteiger partial charge >= 0.3 is 5.97 Å². The molecule has 1 heterocycles. The van der Waals surface area contributed by atoms with Crippen LogP contribution >= 0.6 is 0 Å². The fourth-order valence-electron chi connectivity index (χ4n) is 4.94. The number of hydrogen-bond donors (Lipinski definition) is 2. The third-order valence-corrected chi connectivity index (χ3v) is 6.80. The van der Waals surface area contributed by atoms with Gasteiger partial charge in [0, 0.05) is 23.6 Å². The lowest BCUT2D eigenvalue weighted by Gasteiger charge is -2.19. The van der Waals surface area contributed by atoms with E-state index >= 15 is 4.39 Å². The molecule has 35 heavy (non-hydrogen) atoms. The molecule has 5 rings (SSSR count). The quantitative estimate of drug-likeness (QED) is 0.483. The molecule has 1 aromatic heterocycles. The molecule has 8 nitrogen and oxygen atoms in total. The van der Waals surface area contributed by atoms with E-state index in [2.05, 4.69) is 15.3 Å². The van der Waals surface area contributed by atoms with Crippen molar-refractivity contribution in [3.05, 3.63) is 59.3 Å². The standard InChI is InChI=1S/C26H26FN3O5/c1-33-13-8-21(34-2)25(22(9-13)35-3)15-4-6-18(27)24-14(15)5-7-19(24)30-23-12-28-20(11-29-23)16-10-17(16)26(31)32/h4,6,8-9,11-12,16-17,19H,5,7,10H2,1-3H3,(H,29,30)(H,31,32)/t16-,17-,19+/m0/s1. The van der Waals surface area contributed by atoms with Gasteiger partial charge in [-0.25, -0.2) is 9.37 Å². The number of halogens is 1. The molecule has 182 valence electrons. The predicted octanol–water partition coefficient (Wildman–Crippen LogP) is 4.60. The number of aromatic nitrogens is 2. The maximum atomic E-state index is 15.1. The molecule has 2 aliphatic carbocycles. The van der Waals surface area contributed by atoms with Crippen LogP contribution in [0.1, 0.15) is 41.6 Å². The van der Waals surface area contributed by atoms with Gasteiger partial charge in [0.25, 0.3) is 0 Å². The second kappa shape index (κ2) is 9.05. The second-order valence-electron chi connectivity index (χ2n) is 8.74. The number of carbonyl (C=O) groups is 1. The average molecular weight is 480 g/mol. The zero-order chi connectivity index (χ0) is 24.7. The van der Waals surface area contributed by atoms with Crippen LogP contribution in [0.25, 0.3) is 11.1 Å². The molecule has 0 saturated heterocycles. The van der Waals surface area contributed by atoms with Crippen molar-refractivity contribution in [3.8, 4) is 28.4 Å². The number of carboxylic acids is 1. The van der Waals surface area contributed by atoms with E-state index in [1.54, 1.807) is 51.9 Å². The fraction of sp³-hybridized carbons (Fsp3) is 0.346. The van der Waals surface area contributed by atoms with Crippen molar-refractivity contribution in [2.75, 3.05) is 26.6 Å². The summed E-state index contributed by atoms with van der Waals surface area (Å²) in [7, 11) is 4.73. The van der Waals surface area contributed by atoms with Gasteiger partial charge in [0.05, 0.1) is 56.9 Å². The number of hydrogen-bond acceptors (Lipinski definition) is 7. The van der Waals surface area contributed by atoms with Crippen molar-refractivity contribution in [2.45, 2.75) is 31.2 Å². The predicted molar refractivity (Wildman–Crippen MR) is 127 cm³/mol. The van der Waals surface area contributed by atoms with Crippen LogP contribution in [0.3, 0.4) is 0 Å². The van der Waals surface area contributed by atoms with Gasteiger partial charge < -0.3 is 24.6 Å². The van der Waals surface area contributed by atoms with E-state index in [1.807, 2.05) is 0 Å².